The van der Waals surface area contributed by atoms with Crippen LogP contribution in [0.1, 0.15) is 32.3 Å². The van der Waals surface area contributed by atoms with Crippen LogP contribution in [0.4, 0.5) is 0 Å². The van der Waals surface area contributed by atoms with Crippen LogP contribution in [-0.4, -0.2) is 31.1 Å². The highest BCUT2D eigenvalue weighted by molar-refractivity contribution is 5.84. The van der Waals surface area contributed by atoms with Crippen LogP contribution in [-0.2, 0) is 14.3 Å². The monoisotopic (exact) mass is 293 g/mol. The first-order chi connectivity index (χ1) is 10.0. The number of hydrogen-bond acceptors (Lipinski definition) is 4. The number of carbonyl (C=O) groups excluding carboxylic acids is 2. The normalized spacial score (nSPS) is 11.6. The van der Waals surface area contributed by atoms with Gasteiger partial charge < -0.3 is 14.8 Å². The van der Waals surface area contributed by atoms with E-state index in [9.17, 15) is 9.59 Å². The molecule has 0 radical (unpaired) electrons. The Labute approximate surface area is 125 Å². The number of benzene rings is 1. The lowest BCUT2D eigenvalue weighted by atomic mass is 10.2. The second-order valence-corrected chi connectivity index (χ2v) is 4.76. The van der Waals surface area contributed by atoms with E-state index in [1.165, 1.54) is 0 Å². The number of para-hydroxylation sites is 1. The number of esters is 1. The van der Waals surface area contributed by atoms with E-state index >= 15 is 0 Å². The fraction of sp³-hybridized carbons (Fsp3) is 0.500. The Morgan fingerprint density at radius 1 is 1.29 bits per heavy atom. The van der Waals surface area contributed by atoms with Gasteiger partial charge in [0, 0.05) is 6.42 Å². The molecule has 5 heteroatoms. The molecule has 0 bridgehead atoms. The predicted molar refractivity (Wildman–Crippen MR) is 80.1 cm³/mol. The second kappa shape index (κ2) is 9.00. The molecule has 1 aromatic rings. The van der Waals surface area contributed by atoms with Crippen molar-refractivity contribution in [2.75, 3.05) is 13.2 Å². The topological polar surface area (TPSA) is 64.6 Å². The summed E-state index contributed by atoms with van der Waals surface area (Å²) in [6.45, 7) is 6.09. The van der Waals surface area contributed by atoms with Gasteiger partial charge in [0.15, 0.2) is 0 Å². The molecule has 0 saturated carbocycles. The van der Waals surface area contributed by atoms with E-state index in [4.69, 9.17) is 9.47 Å². The van der Waals surface area contributed by atoms with Crippen LogP contribution in [0, 0.1) is 6.92 Å². The third-order valence-electron chi connectivity index (χ3n) is 2.92. The number of carbonyl (C=O) groups is 2. The molecule has 1 unspecified atom stereocenters. The number of amides is 1. The molecule has 0 aliphatic carbocycles. The van der Waals surface area contributed by atoms with E-state index in [1.54, 1.807) is 13.8 Å². The van der Waals surface area contributed by atoms with Gasteiger partial charge in [-0.3, -0.25) is 4.79 Å². The van der Waals surface area contributed by atoms with Gasteiger partial charge in [0.1, 0.15) is 11.8 Å². The maximum atomic E-state index is 11.7. The fourth-order valence-corrected chi connectivity index (χ4v) is 1.77. The van der Waals surface area contributed by atoms with Crippen molar-refractivity contribution in [2.24, 2.45) is 0 Å². The van der Waals surface area contributed by atoms with Gasteiger partial charge >= 0.3 is 5.97 Å². The van der Waals surface area contributed by atoms with Crippen molar-refractivity contribution >= 4 is 11.9 Å². The van der Waals surface area contributed by atoms with Crippen molar-refractivity contribution in [3.05, 3.63) is 29.8 Å². The molecule has 1 aromatic carbocycles. The zero-order chi connectivity index (χ0) is 15.7. The highest BCUT2D eigenvalue weighted by Crippen LogP contribution is 2.16. The Balaban J connectivity index is 2.22. The first-order valence-electron chi connectivity index (χ1n) is 7.19. The SMILES string of the molecule is CCOC(=O)C(C)NC(=O)CCCOc1ccccc1C. The summed E-state index contributed by atoms with van der Waals surface area (Å²) in [6.07, 6.45) is 0.908. The minimum absolute atomic E-state index is 0.177. The van der Waals surface area contributed by atoms with E-state index < -0.39 is 12.0 Å². The molecule has 0 saturated heterocycles. The molecule has 0 aromatic heterocycles. The predicted octanol–water partition coefficient (Wildman–Crippen LogP) is 2.22. The van der Waals surface area contributed by atoms with Gasteiger partial charge in [-0.2, -0.15) is 0 Å². The third-order valence-corrected chi connectivity index (χ3v) is 2.92. The van der Waals surface area contributed by atoms with Crippen LogP contribution in [0.2, 0.25) is 0 Å². The molecule has 116 valence electrons. The lowest BCUT2D eigenvalue weighted by molar-refractivity contribution is -0.146. The molecule has 1 amide bonds. The Kier molecular flexibility index (Phi) is 7.29. The summed E-state index contributed by atoms with van der Waals surface area (Å²) in [4.78, 5) is 23.0. The zero-order valence-corrected chi connectivity index (χ0v) is 12.8. The fourth-order valence-electron chi connectivity index (χ4n) is 1.77. The summed E-state index contributed by atoms with van der Waals surface area (Å²) in [5, 5.41) is 2.61. The molecule has 1 rings (SSSR count). The minimum Gasteiger partial charge on any atom is -0.493 e. The smallest absolute Gasteiger partial charge is 0.328 e. The number of hydrogen-bond donors (Lipinski definition) is 1. The minimum atomic E-state index is -0.616. The summed E-state index contributed by atoms with van der Waals surface area (Å²) in [7, 11) is 0. The molecular formula is C16H23NO4. The molecule has 0 aliphatic heterocycles. The molecule has 0 spiro atoms. The Hall–Kier alpha value is -2.04. The summed E-state index contributed by atoms with van der Waals surface area (Å²) in [5.74, 6) is 0.240. The van der Waals surface area contributed by atoms with Crippen LogP contribution in [0.25, 0.3) is 0 Å². The van der Waals surface area contributed by atoms with E-state index in [0.717, 1.165) is 11.3 Å². The summed E-state index contributed by atoms with van der Waals surface area (Å²) in [6, 6.07) is 7.12. The van der Waals surface area contributed by atoms with Gasteiger partial charge in [0.2, 0.25) is 5.91 Å². The van der Waals surface area contributed by atoms with Crippen molar-refractivity contribution in [3.63, 3.8) is 0 Å². The van der Waals surface area contributed by atoms with Crippen molar-refractivity contribution in [1.29, 1.82) is 0 Å². The molecule has 0 fully saturated rings. The Morgan fingerprint density at radius 3 is 2.67 bits per heavy atom. The van der Waals surface area contributed by atoms with Crippen molar-refractivity contribution in [3.8, 4) is 5.75 Å². The first-order valence-corrected chi connectivity index (χ1v) is 7.19. The summed E-state index contributed by atoms with van der Waals surface area (Å²) in [5.41, 5.74) is 1.07. The summed E-state index contributed by atoms with van der Waals surface area (Å²) >= 11 is 0. The van der Waals surface area contributed by atoms with Crippen molar-refractivity contribution in [2.45, 2.75) is 39.7 Å². The molecule has 1 atom stereocenters. The van der Waals surface area contributed by atoms with E-state index in [2.05, 4.69) is 5.32 Å². The average Bonchev–Trinajstić information content (AvgIpc) is 2.45. The van der Waals surface area contributed by atoms with Crippen LogP contribution in [0.5, 0.6) is 5.75 Å². The number of rotatable bonds is 8. The van der Waals surface area contributed by atoms with Gasteiger partial charge in [-0.25, -0.2) is 4.79 Å². The van der Waals surface area contributed by atoms with Crippen LogP contribution >= 0.6 is 0 Å². The maximum Gasteiger partial charge on any atom is 0.328 e. The standard InChI is InChI=1S/C16H23NO4/c1-4-20-16(19)13(3)17-15(18)10-7-11-21-14-9-6-5-8-12(14)2/h5-6,8-9,13H,4,7,10-11H2,1-3H3,(H,17,18). The maximum absolute atomic E-state index is 11.7. The first kappa shape index (κ1) is 17.0. The highest BCUT2D eigenvalue weighted by atomic mass is 16.5. The quantitative estimate of drug-likeness (QED) is 0.589. The number of nitrogens with one attached hydrogen (secondary N) is 1. The number of ether oxygens (including phenoxy) is 2. The Bertz CT molecular complexity index is 473. The number of aryl methyl sites for hydroxylation is 1. The molecule has 0 heterocycles. The highest BCUT2D eigenvalue weighted by Gasteiger charge is 2.15. The van der Waals surface area contributed by atoms with Gasteiger partial charge in [-0.05, 0) is 38.8 Å². The van der Waals surface area contributed by atoms with Crippen molar-refractivity contribution in [1.82, 2.24) is 5.32 Å². The van der Waals surface area contributed by atoms with Gasteiger partial charge in [-0.15, -0.1) is 0 Å². The van der Waals surface area contributed by atoms with Crippen LogP contribution < -0.4 is 10.1 Å². The molecule has 0 aliphatic rings. The van der Waals surface area contributed by atoms with Crippen LogP contribution in [0.15, 0.2) is 24.3 Å². The van der Waals surface area contributed by atoms with E-state index in [0.29, 0.717) is 26.1 Å². The molecule has 5 nitrogen and oxygen atoms in total. The van der Waals surface area contributed by atoms with E-state index in [-0.39, 0.29) is 5.91 Å². The van der Waals surface area contributed by atoms with Gasteiger partial charge in [0.25, 0.3) is 0 Å². The summed E-state index contributed by atoms with van der Waals surface area (Å²) < 4.78 is 10.4. The Morgan fingerprint density at radius 2 is 2.00 bits per heavy atom. The van der Waals surface area contributed by atoms with E-state index in [1.807, 2.05) is 31.2 Å². The largest absolute Gasteiger partial charge is 0.493 e. The molecule has 1 N–H and O–H groups in total. The lowest BCUT2D eigenvalue weighted by Gasteiger charge is -2.13. The molecular weight excluding hydrogens is 270 g/mol. The third kappa shape index (κ3) is 6.29. The molecule has 21 heavy (non-hydrogen) atoms. The zero-order valence-electron chi connectivity index (χ0n) is 12.8. The van der Waals surface area contributed by atoms with Crippen molar-refractivity contribution < 1.29 is 19.1 Å². The second-order valence-electron chi connectivity index (χ2n) is 4.76. The van der Waals surface area contributed by atoms with Gasteiger partial charge in [0.05, 0.1) is 13.2 Å². The lowest BCUT2D eigenvalue weighted by Crippen LogP contribution is -2.39. The van der Waals surface area contributed by atoms with Gasteiger partial charge in [-0.1, -0.05) is 18.2 Å². The van der Waals surface area contributed by atoms with Crippen LogP contribution in [0.3, 0.4) is 0 Å². The average molecular weight is 293 g/mol.